The van der Waals surface area contributed by atoms with Crippen LogP contribution < -0.4 is 30.3 Å². The Morgan fingerprint density at radius 2 is 1.89 bits per heavy atom. The van der Waals surface area contributed by atoms with Gasteiger partial charge in [-0.1, -0.05) is 0 Å². The molecule has 11 nitrogen and oxygen atoms in total. The average Bonchev–Trinajstić information content (AvgIpc) is 3.41. The second-order valence-electron chi connectivity index (χ2n) is 7.75. The van der Waals surface area contributed by atoms with E-state index < -0.39 is 11.8 Å². The predicted molar refractivity (Wildman–Crippen MR) is 132 cm³/mol. The van der Waals surface area contributed by atoms with E-state index in [1.807, 2.05) is 6.92 Å². The molecule has 1 atom stereocenters. The molecule has 3 rings (SSSR count). The van der Waals surface area contributed by atoms with E-state index in [2.05, 4.69) is 21.2 Å². The van der Waals surface area contributed by atoms with E-state index in [1.165, 1.54) is 6.21 Å². The lowest BCUT2D eigenvalue weighted by atomic mass is 10.2. The third-order valence-corrected chi connectivity index (χ3v) is 5.10. The predicted octanol–water partition coefficient (Wildman–Crippen LogP) is 1.86. The molecule has 1 fully saturated rings. The van der Waals surface area contributed by atoms with Crippen molar-refractivity contribution in [3.63, 3.8) is 0 Å². The Balaban J connectivity index is 1.50. The zero-order chi connectivity index (χ0) is 25.8. The molecule has 1 aliphatic rings. The zero-order valence-corrected chi connectivity index (χ0v) is 20.2. The number of rotatable bonds is 11. The SMILES string of the molecule is CCOc1cc(/C=N\NC(=O)C(=O)NC[C@H]2CCCO2)ccc1OCC(=O)Nc1ccc(OC)cc1. The molecule has 0 bridgehead atoms. The molecule has 0 aromatic heterocycles. The van der Waals surface area contributed by atoms with Crippen LogP contribution in [0.1, 0.15) is 25.3 Å². The maximum atomic E-state index is 12.2. The van der Waals surface area contributed by atoms with Crippen molar-refractivity contribution in [1.29, 1.82) is 0 Å². The summed E-state index contributed by atoms with van der Waals surface area (Å²) in [5.74, 6) is -0.539. The molecular weight excluding hydrogens is 468 g/mol. The molecule has 2 aromatic rings. The highest BCUT2D eigenvalue weighted by Gasteiger charge is 2.19. The molecule has 11 heteroatoms. The number of carbonyl (C=O) groups excluding carboxylic acids is 3. The monoisotopic (exact) mass is 498 g/mol. The summed E-state index contributed by atoms with van der Waals surface area (Å²) in [6.45, 7) is 2.92. The number of anilines is 1. The van der Waals surface area contributed by atoms with Crippen molar-refractivity contribution in [1.82, 2.24) is 10.7 Å². The summed E-state index contributed by atoms with van der Waals surface area (Å²) >= 11 is 0. The van der Waals surface area contributed by atoms with E-state index in [1.54, 1.807) is 49.6 Å². The number of carbonyl (C=O) groups is 3. The average molecular weight is 499 g/mol. The fourth-order valence-corrected chi connectivity index (χ4v) is 3.32. The molecule has 36 heavy (non-hydrogen) atoms. The van der Waals surface area contributed by atoms with Gasteiger partial charge in [-0.05, 0) is 67.8 Å². The van der Waals surface area contributed by atoms with Gasteiger partial charge in [-0.2, -0.15) is 5.10 Å². The summed E-state index contributed by atoms with van der Waals surface area (Å²) in [5, 5.41) is 9.08. The van der Waals surface area contributed by atoms with Gasteiger partial charge in [0.15, 0.2) is 18.1 Å². The molecule has 0 saturated carbocycles. The van der Waals surface area contributed by atoms with E-state index >= 15 is 0 Å². The maximum absolute atomic E-state index is 12.2. The van der Waals surface area contributed by atoms with Gasteiger partial charge in [0.25, 0.3) is 5.91 Å². The first-order chi connectivity index (χ1) is 17.5. The van der Waals surface area contributed by atoms with E-state index in [4.69, 9.17) is 18.9 Å². The van der Waals surface area contributed by atoms with Crippen LogP contribution in [0.15, 0.2) is 47.6 Å². The lowest BCUT2D eigenvalue weighted by Crippen LogP contribution is -2.41. The Labute approximate surface area is 209 Å². The summed E-state index contributed by atoms with van der Waals surface area (Å²) < 4.78 is 21.7. The molecule has 1 aliphatic heterocycles. The maximum Gasteiger partial charge on any atom is 0.329 e. The van der Waals surface area contributed by atoms with Crippen molar-refractivity contribution in [3.05, 3.63) is 48.0 Å². The number of nitrogens with zero attached hydrogens (tertiary/aromatic N) is 1. The molecular formula is C25H30N4O7. The van der Waals surface area contributed by atoms with Crippen LogP contribution in [-0.4, -0.2) is 63.5 Å². The number of amides is 3. The molecule has 3 amide bonds. The van der Waals surface area contributed by atoms with Crippen molar-refractivity contribution in [3.8, 4) is 17.2 Å². The van der Waals surface area contributed by atoms with Crippen LogP contribution in [0.3, 0.4) is 0 Å². The highest BCUT2D eigenvalue weighted by molar-refractivity contribution is 6.35. The van der Waals surface area contributed by atoms with E-state index in [9.17, 15) is 14.4 Å². The molecule has 0 spiro atoms. The lowest BCUT2D eigenvalue weighted by Gasteiger charge is -2.13. The Kier molecular flexibility index (Phi) is 10.1. The van der Waals surface area contributed by atoms with Crippen LogP contribution in [0.25, 0.3) is 0 Å². The minimum atomic E-state index is -0.878. The first-order valence-electron chi connectivity index (χ1n) is 11.5. The second-order valence-corrected chi connectivity index (χ2v) is 7.75. The largest absolute Gasteiger partial charge is 0.497 e. The van der Waals surface area contributed by atoms with Crippen molar-refractivity contribution in [2.24, 2.45) is 5.10 Å². The molecule has 1 saturated heterocycles. The number of ether oxygens (including phenoxy) is 4. The van der Waals surface area contributed by atoms with Gasteiger partial charge in [0, 0.05) is 18.8 Å². The van der Waals surface area contributed by atoms with Crippen molar-refractivity contribution >= 4 is 29.6 Å². The Hall–Kier alpha value is -4.12. The molecule has 2 aromatic carbocycles. The van der Waals surface area contributed by atoms with Crippen molar-refractivity contribution < 1.29 is 33.3 Å². The molecule has 3 N–H and O–H groups in total. The van der Waals surface area contributed by atoms with Gasteiger partial charge in [-0.25, -0.2) is 5.43 Å². The van der Waals surface area contributed by atoms with Gasteiger partial charge in [0.05, 0.1) is 26.0 Å². The highest BCUT2D eigenvalue weighted by atomic mass is 16.5. The van der Waals surface area contributed by atoms with Gasteiger partial charge >= 0.3 is 11.8 Å². The van der Waals surface area contributed by atoms with Gasteiger partial charge < -0.3 is 29.6 Å². The van der Waals surface area contributed by atoms with Crippen molar-refractivity contribution in [2.75, 3.05) is 38.8 Å². The second kappa shape index (κ2) is 13.7. The molecule has 0 unspecified atom stereocenters. The summed E-state index contributed by atoms with van der Waals surface area (Å²) in [4.78, 5) is 36.0. The molecule has 0 radical (unpaired) electrons. The van der Waals surface area contributed by atoms with Crippen LogP contribution in [0, 0.1) is 0 Å². The van der Waals surface area contributed by atoms with E-state index in [0.29, 0.717) is 41.7 Å². The minimum Gasteiger partial charge on any atom is -0.497 e. The Bertz CT molecular complexity index is 1070. The smallest absolute Gasteiger partial charge is 0.329 e. The Morgan fingerprint density at radius 1 is 1.08 bits per heavy atom. The van der Waals surface area contributed by atoms with Crippen LogP contribution in [-0.2, 0) is 19.1 Å². The van der Waals surface area contributed by atoms with Crippen LogP contribution in [0.5, 0.6) is 17.2 Å². The van der Waals surface area contributed by atoms with Crippen molar-refractivity contribution in [2.45, 2.75) is 25.9 Å². The Morgan fingerprint density at radius 3 is 2.58 bits per heavy atom. The number of hydrazone groups is 1. The third kappa shape index (κ3) is 8.27. The highest BCUT2D eigenvalue weighted by Crippen LogP contribution is 2.28. The quantitative estimate of drug-likeness (QED) is 0.244. The van der Waals surface area contributed by atoms with E-state index in [0.717, 1.165) is 12.8 Å². The fraction of sp³-hybridized carbons (Fsp3) is 0.360. The third-order valence-electron chi connectivity index (χ3n) is 5.10. The normalized spacial score (nSPS) is 14.8. The molecule has 1 heterocycles. The summed E-state index contributed by atoms with van der Waals surface area (Å²) in [7, 11) is 1.57. The first-order valence-corrected chi connectivity index (χ1v) is 11.5. The van der Waals surface area contributed by atoms with Gasteiger partial charge in [0.1, 0.15) is 5.75 Å². The summed E-state index contributed by atoms with van der Waals surface area (Å²) in [6, 6.07) is 11.9. The number of nitrogens with one attached hydrogen (secondary N) is 3. The van der Waals surface area contributed by atoms with Gasteiger partial charge in [-0.15, -0.1) is 0 Å². The molecule has 0 aliphatic carbocycles. The number of hydrogen-bond donors (Lipinski definition) is 3. The van der Waals surface area contributed by atoms with Gasteiger partial charge in [0.2, 0.25) is 0 Å². The summed E-state index contributed by atoms with van der Waals surface area (Å²) in [5.41, 5.74) is 3.39. The standard InChI is InChI=1S/C25H30N4O7/c1-3-34-22-13-17(14-27-29-25(32)24(31)26-15-20-5-4-12-35-20)6-11-21(22)36-16-23(30)28-18-7-9-19(33-2)10-8-18/h6-11,13-14,20H,3-5,12,15-16H2,1-2H3,(H,26,31)(H,28,30)(H,29,32)/b27-14-/t20-/m1/s1. The minimum absolute atomic E-state index is 0.0588. The van der Waals surface area contributed by atoms with Crippen LogP contribution >= 0.6 is 0 Å². The number of hydrogen-bond acceptors (Lipinski definition) is 8. The lowest BCUT2D eigenvalue weighted by molar-refractivity contribution is -0.139. The number of methoxy groups -OCH3 is 1. The fourth-order valence-electron chi connectivity index (χ4n) is 3.32. The van der Waals surface area contributed by atoms with Crippen LogP contribution in [0.2, 0.25) is 0 Å². The van der Waals surface area contributed by atoms with E-state index in [-0.39, 0.29) is 25.2 Å². The topological polar surface area (TPSA) is 137 Å². The zero-order valence-electron chi connectivity index (χ0n) is 20.2. The van der Waals surface area contributed by atoms with Gasteiger partial charge in [-0.3, -0.25) is 14.4 Å². The van der Waals surface area contributed by atoms with Crippen LogP contribution in [0.4, 0.5) is 5.69 Å². The molecule has 192 valence electrons. The summed E-state index contributed by atoms with van der Waals surface area (Å²) in [6.07, 6.45) is 3.11. The first kappa shape index (κ1) is 26.5. The number of benzene rings is 2.